The van der Waals surface area contributed by atoms with E-state index >= 15 is 0 Å². The molecule has 0 fully saturated rings. The Morgan fingerprint density at radius 1 is 1.21 bits per heavy atom. The fourth-order valence-electron chi connectivity index (χ4n) is 1.88. The van der Waals surface area contributed by atoms with E-state index in [4.69, 9.17) is 10.5 Å². The molecule has 0 saturated heterocycles. The first-order valence-corrected chi connectivity index (χ1v) is 7.30. The van der Waals surface area contributed by atoms with E-state index in [1.165, 1.54) is 0 Å². The topological polar surface area (TPSA) is 52.3 Å². The van der Waals surface area contributed by atoms with Gasteiger partial charge in [-0.25, -0.2) is 0 Å². The molecule has 2 rings (SSSR count). The summed E-state index contributed by atoms with van der Waals surface area (Å²) in [6, 6.07) is 13.2. The zero-order chi connectivity index (χ0) is 13.8. The SMILES string of the molecule is COc1ccccc1CS(=O)c1cc(C)ccc1N. The van der Waals surface area contributed by atoms with Crippen LogP contribution in [0.15, 0.2) is 47.4 Å². The second-order valence-electron chi connectivity index (χ2n) is 4.34. The van der Waals surface area contributed by atoms with Gasteiger partial charge in [0.15, 0.2) is 0 Å². The fourth-order valence-corrected chi connectivity index (χ4v) is 3.20. The van der Waals surface area contributed by atoms with E-state index in [1.54, 1.807) is 13.2 Å². The van der Waals surface area contributed by atoms with E-state index in [-0.39, 0.29) is 0 Å². The predicted octanol–water partition coefficient (Wildman–Crippen LogP) is 2.89. The molecule has 19 heavy (non-hydrogen) atoms. The summed E-state index contributed by atoms with van der Waals surface area (Å²) in [5, 5.41) is 0. The van der Waals surface area contributed by atoms with Crippen molar-refractivity contribution in [2.24, 2.45) is 0 Å². The van der Waals surface area contributed by atoms with Crippen LogP contribution in [0.25, 0.3) is 0 Å². The van der Waals surface area contributed by atoms with Gasteiger partial charge in [-0.2, -0.15) is 0 Å². The van der Waals surface area contributed by atoms with Crippen molar-refractivity contribution < 1.29 is 8.95 Å². The van der Waals surface area contributed by atoms with Crippen molar-refractivity contribution in [1.82, 2.24) is 0 Å². The molecular weight excluding hydrogens is 258 g/mol. The van der Waals surface area contributed by atoms with Crippen LogP contribution in [0.2, 0.25) is 0 Å². The number of anilines is 1. The highest BCUT2D eigenvalue weighted by Crippen LogP contribution is 2.24. The Balaban J connectivity index is 2.28. The number of benzene rings is 2. The van der Waals surface area contributed by atoms with Gasteiger partial charge in [0.05, 0.1) is 28.6 Å². The molecule has 0 heterocycles. The Kier molecular flexibility index (Phi) is 4.22. The van der Waals surface area contributed by atoms with Crippen LogP contribution in [0.5, 0.6) is 5.75 Å². The van der Waals surface area contributed by atoms with Crippen molar-refractivity contribution >= 4 is 16.5 Å². The molecule has 0 spiro atoms. The van der Waals surface area contributed by atoms with Crippen molar-refractivity contribution in [2.75, 3.05) is 12.8 Å². The van der Waals surface area contributed by atoms with Gasteiger partial charge < -0.3 is 10.5 Å². The van der Waals surface area contributed by atoms with Crippen LogP contribution in [0, 0.1) is 6.92 Å². The van der Waals surface area contributed by atoms with Crippen LogP contribution in [-0.4, -0.2) is 11.3 Å². The van der Waals surface area contributed by atoms with E-state index in [9.17, 15) is 4.21 Å². The molecule has 2 aromatic carbocycles. The van der Waals surface area contributed by atoms with Crippen molar-refractivity contribution in [1.29, 1.82) is 0 Å². The summed E-state index contributed by atoms with van der Waals surface area (Å²) >= 11 is 0. The fraction of sp³-hybridized carbons (Fsp3) is 0.200. The Bertz CT molecular complexity index is 611. The summed E-state index contributed by atoms with van der Waals surface area (Å²) in [5.74, 6) is 1.15. The molecule has 2 aromatic rings. The standard InChI is InChI=1S/C15H17NO2S/c1-11-7-8-13(16)15(9-11)19(17)10-12-5-3-4-6-14(12)18-2/h3-9H,10,16H2,1-2H3. The molecule has 0 radical (unpaired) electrons. The minimum absolute atomic E-state index is 0.400. The van der Waals surface area contributed by atoms with Crippen molar-refractivity contribution in [3.05, 3.63) is 53.6 Å². The Labute approximate surface area is 115 Å². The first kappa shape index (κ1) is 13.6. The maximum absolute atomic E-state index is 12.4. The van der Waals surface area contributed by atoms with Crippen LogP contribution in [0.1, 0.15) is 11.1 Å². The van der Waals surface area contributed by atoms with Gasteiger partial charge in [-0.15, -0.1) is 0 Å². The third-order valence-corrected chi connectivity index (χ3v) is 4.31. The number of methoxy groups -OCH3 is 1. The summed E-state index contributed by atoms with van der Waals surface area (Å²) in [7, 11) is 0.441. The van der Waals surface area contributed by atoms with Crippen LogP contribution in [-0.2, 0) is 16.6 Å². The monoisotopic (exact) mass is 275 g/mol. The van der Waals surface area contributed by atoms with Gasteiger partial charge >= 0.3 is 0 Å². The molecule has 3 nitrogen and oxygen atoms in total. The molecule has 2 N–H and O–H groups in total. The van der Waals surface area contributed by atoms with E-state index in [0.29, 0.717) is 16.3 Å². The minimum Gasteiger partial charge on any atom is -0.496 e. The molecule has 0 saturated carbocycles. The Morgan fingerprint density at radius 3 is 2.68 bits per heavy atom. The average Bonchev–Trinajstić information content (AvgIpc) is 2.42. The lowest BCUT2D eigenvalue weighted by atomic mass is 10.2. The van der Waals surface area contributed by atoms with Crippen LogP contribution >= 0.6 is 0 Å². The molecule has 0 aromatic heterocycles. The van der Waals surface area contributed by atoms with Gasteiger partial charge in [-0.3, -0.25) is 4.21 Å². The number of rotatable bonds is 4. The number of ether oxygens (including phenoxy) is 1. The van der Waals surface area contributed by atoms with Crippen molar-refractivity contribution in [3.63, 3.8) is 0 Å². The van der Waals surface area contributed by atoms with Gasteiger partial charge in [0.25, 0.3) is 0 Å². The van der Waals surface area contributed by atoms with E-state index < -0.39 is 10.8 Å². The number of aryl methyl sites for hydroxylation is 1. The lowest BCUT2D eigenvalue weighted by Crippen LogP contribution is -2.02. The largest absolute Gasteiger partial charge is 0.496 e. The molecule has 100 valence electrons. The first-order chi connectivity index (χ1) is 9.11. The van der Waals surface area contributed by atoms with E-state index in [1.807, 2.05) is 43.3 Å². The van der Waals surface area contributed by atoms with Crippen molar-refractivity contribution in [3.8, 4) is 5.75 Å². The Hall–Kier alpha value is -1.81. The quantitative estimate of drug-likeness (QED) is 0.873. The maximum atomic E-state index is 12.4. The van der Waals surface area contributed by atoms with Gasteiger partial charge in [0, 0.05) is 11.3 Å². The highest BCUT2D eigenvalue weighted by atomic mass is 32.2. The lowest BCUT2D eigenvalue weighted by molar-refractivity contribution is 0.411. The number of para-hydroxylation sites is 1. The molecule has 4 heteroatoms. The summed E-state index contributed by atoms with van der Waals surface area (Å²) in [4.78, 5) is 0.686. The third kappa shape index (κ3) is 3.15. The van der Waals surface area contributed by atoms with Gasteiger partial charge in [0.2, 0.25) is 0 Å². The average molecular weight is 275 g/mol. The van der Waals surface area contributed by atoms with Gasteiger partial charge in [-0.05, 0) is 30.7 Å². The lowest BCUT2D eigenvalue weighted by Gasteiger charge is -2.10. The highest BCUT2D eigenvalue weighted by Gasteiger charge is 2.11. The Morgan fingerprint density at radius 2 is 1.95 bits per heavy atom. The minimum atomic E-state index is -1.17. The number of hydrogen-bond acceptors (Lipinski definition) is 3. The van der Waals surface area contributed by atoms with Gasteiger partial charge in [-0.1, -0.05) is 24.3 Å². The smallest absolute Gasteiger partial charge is 0.122 e. The molecule has 0 aliphatic rings. The number of nitrogen functional groups attached to an aromatic ring is 1. The van der Waals surface area contributed by atoms with Crippen LogP contribution in [0.4, 0.5) is 5.69 Å². The van der Waals surface area contributed by atoms with E-state index in [0.717, 1.165) is 16.9 Å². The van der Waals surface area contributed by atoms with Gasteiger partial charge in [0.1, 0.15) is 5.75 Å². The second kappa shape index (κ2) is 5.89. The van der Waals surface area contributed by atoms with E-state index in [2.05, 4.69) is 0 Å². The summed E-state index contributed by atoms with van der Waals surface area (Å²) in [6.45, 7) is 1.96. The summed E-state index contributed by atoms with van der Waals surface area (Å²) in [6.07, 6.45) is 0. The van der Waals surface area contributed by atoms with Crippen LogP contribution < -0.4 is 10.5 Å². The van der Waals surface area contributed by atoms with Crippen molar-refractivity contribution in [2.45, 2.75) is 17.6 Å². The molecule has 0 bridgehead atoms. The number of hydrogen-bond donors (Lipinski definition) is 1. The van der Waals surface area contributed by atoms with Crippen LogP contribution in [0.3, 0.4) is 0 Å². The molecule has 1 atom stereocenters. The zero-order valence-electron chi connectivity index (χ0n) is 11.1. The maximum Gasteiger partial charge on any atom is 0.122 e. The first-order valence-electron chi connectivity index (χ1n) is 5.98. The second-order valence-corrected chi connectivity index (χ2v) is 5.76. The number of nitrogens with two attached hydrogens (primary N) is 1. The predicted molar refractivity (Wildman–Crippen MR) is 78.7 cm³/mol. The normalized spacial score (nSPS) is 12.1. The third-order valence-electron chi connectivity index (χ3n) is 2.89. The molecule has 0 amide bonds. The molecular formula is C15H17NO2S. The molecule has 0 aliphatic carbocycles. The highest BCUT2D eigenvalue weighted by molar-refractivity contribution is 7.84. The molecule has 0 aliphatic heterocycles. The molecule has 1 unspecified atom stereocenters. The zero-order valence-corrected chi connectivity index (χ0v) is 11.9. The summed E-state index contributed by atoms with van der Waals surface area (Å²) < 4.78 is 17.7. The summed E-state index contributed by atoms with van der Waals surface area (Å²) in [5.41, 5.74) is 8.43.